The predicted octanol–water partition coefficient (Wildman–Crippen LogP) is 3.47. The molecule has 1 spiro atoms. The summed E-state index contributed by atoms with van der Waals surface area (Å²) in [4.78, 5) is 0. The molecular weight excluding hydrogens is 206 g/mol. The molecule has 0 radical (unpaired) electrons. The highest BCUT2D eigenvalue weighted by atomic mass is 15.0. The molecule has 0 amide bonds. The van der Waals surface area contributed by atoms with Gasteiger partial charge in [0.2, 0.25) is 0 Å². The van der Waals surface area contributed by atoms with Crippen LogP contribution in [0.1, 0.15) is 47.4 Å². The van der Waals surface area contributed by atoms with Crippen molar-refractivity contribution in [2.45, 2.75) is 46.0 Å². The lowest BCUT2D eigenvalue weighted by Gasteiger charge is -2.39. The molecule has 1 aliphatic heterocycles. The minimum absolute atomic E-state index is 0.663. The first-order valence-corrected chi connectivity index (χ1v) is 6.89. The second-order valence-corrected chi connectivity index (χ2v) is 6.26. The lowest BCUT2D eigenvalue weighted by atomic mass is 9.78. The van der Waals surface area contributed by atoms with Crippen LogP contribution in [0.3, 0.4) is 0 Å². The predicted molar refractivity (Wildman–Crippen MR) is 72.5 cm³/mol. The number of hydrogen-bond acceptors (Lipinski definition) is 1. The zero-order valence-electron chi connectivity index (χ0n) is 11.3. The molecule has 1 unspecified atom stereocenters. The lowest BCUT2D eigenvalue weighted by molar-refractivity contribution is 0.175. The van der Waals surface area contributed by atoms with Gasteiger partial charge in [-0.15, -0.1) is 0 Å². The molecule has 0 aromatic heterocycles. The van der Waals surface area contributed by atoms with Gasteiger partial charge in [-0.1, -0.05) is 12.1 Å². The highest BCUT2D eigenvalue weighted by Crippen LogP contribution is 2.49. The van der Waals surface area contributed by atoms with Crippen molar-refractivity contribution in [1.82, 2.24) is 5.32 Å². The molecule has 1 heteroatoms. The number of nitrogens with one attached hydrogen (secondary N) is 1. The van der Waals surface area contributed by atoms with Crippen LogP contribution in [0.5, 0.6) is 0 Å². The summed E-state index contributed by atoms with van der Waals surface area (Å²) in [7, 11) is 0. The molecule has 92 valence electrons. The number of rotatable bonds is 1. The van der Waals surface area contributed by atoms with E-state index in [1.165, 1.54) is 43.5 Å². The Morgan fingerprint density at radius 3 is 2.47 bits per heavy atom. The molecule has 1 saturated carbocycles. The zero-order valence-corrected chi connectivity index (χ0v) is 11.3. The summed E-state index contributed by atoms with van der Waals surface area (Å²) < 4.78 is 0. The third kappa shape index (κ3) is 1.72. The van der Waals surface area contributed by atoms with Gasteiger partial charge in [0.05, 0.1) is 0 Å². The summed E-state index contributed by atoms with van der Waals surface area (Å²) in [5.74, 6) is 0.816. The lowest BCUT2D eigenvalue weighted by Crippen LogP contribution is -2.51. The van der Waals surface area contributed by atoms with E-state index in [2.05, 4.69) is 38.2 Å². The Bertz CT molecular complexity index is 443. The third-order valence-electron chi connectivity index (χ3n) is 5.24. The normalized spacial score (nSPS) is 26.2. The summed E-state index contributed by atoms with van der Waals surface area (Å²) >= 11 is 0. The van der Waals surface area contributed by atoms with Crippen LogP contribution in [0, 0.1) is 26.2 Å². The highest BCUT2D eigenvalue weighted by Gasteiger charge is 2.44. The fourth-order valence-electron chi connectivity index (χ4n) is 3.69. The standard InChI is InChI=1S/C16H23N/c1-11-4-5-15(13(3)12(11)2)14-6-7-16(8-14)9-17-10-16/h4-5,14,17H,6-10H2,1-3H3. The van der Waals surface area contributed by atoms with E-state index in [0.717, 1.165) is 5.92 Å². The summed E-state index contributed by atoms with van der Waals surface area (Å²) in [5, 5.41) is 3.45. The number of aryl methyl sites for hydroxylation is 1. The van der Waals surface area contributed by atoms with Crippen molar-refractivity contribution in [3.63, 3.8) is 0 Å². The van der Waals surface area contributed by atoms with Crippen LogP contribution >= 0.6 is 0 Å². The van der Waals surface area contributed by atoms with Gasteiger partial charge in [0.1, 0.15) is 0 Å². The summed E-state index contributed by atoms with van der Waals surface area (Å²) in [6.45, 7) is 9.31. The average molecular weight is 229 g/mol. The molecule has 1 nitrogen and oxygen atoms in total. The maximum Gasteiger partial charge on any atom is 0.00204 e. The molecule has 1 aromatic rings. The molecule has 0 bridgehead atoms. The molecule has 1 saturated heterocycles. The molecule has 2 aliphatic rings. The van der Waals surface area contributed by atoms with Crippen LogP contribution in [-0.4, -0.2) is 13.1 Å². The zero-order chi connectivity index (χ0) is 12.0. The fourth-order valence-corrected chi connectivity index (χ4v) is 3.69. The molecule has 1 N–H and O–H groups in total. The molecule has 17 heavy (non-hydrogen) atoms. The van der Waals surface area contributed by atoms with Gasteiger partial charge in [-0.2, -0.15) is 0 Å². The Hall–Kier alpha value is -0.820. The van der Waals surface area contributed by atoms with Crippen LogP contribution in [-0.2, 0) is 0 Å². The summed E-state index contributed by atoms with van der Waals surface area (Å²) in [6, 6.07) is 4.69. The van der Waals surface area contributed by atoms with Crippen LogP contribution in [0.4, 0.5) is 0 Å². The van der Waals surface area contributed by atoms with Crippen molar-refractivity contribution in [2.24, 2.45) is 5.41 Å². The van der Waals surface area contributed by atoms with Gasteiger partial charge in [-0.25, -0.2) is 0 Å². The minimum Gasteiger partial charge on any atom is -0.316 e. The van der Waals surface area contributed by atoms with E-state index >= 15 is 0 Å². The van der Waals surface area contributed by atoms with Gasteiger partial charge in [0.25, 0.3) is 0 Å². The molecule has 1 heterocycles. The van der Waals surface area contributed by atoms with E-state index in [0.29, 0.717) is 5.41 Å². The van der Waals surface area contributed by atoms with Crippen molar-refractivity contribution in [3.8, 4) is 0 Å². The van der Waals surface area contributed by atoms with Crippen LogP contribution in [0.2, 0.25) is 0 Å². The maximum absolute atomic E-state index is 3.45. The van der Waals surface area contributed by atoms with Crippen molar-refractivity contribution in [3.05, 3.63) is 34.4 Å². The topological polar surface area (TPSA) is 12.0 Å². The number of benzene rings is 1. The second-order valence-electron chi connectivity index (χ2n) is 6.26. The van der Waals surface area contributed by atoms with Gasteiger partial charge in [0.15, 0.2) is 0 Å². The van der Waals surface area contributed by atoms with E-state index in [1.54, 1.807) is 11.1 Å². The van der Waals surface area contributed by atoms with Crippen molar-refractivity contribution < 1.29 is 0 Å². The van der Waals surface area contributed by atoms with E-state index in [-0.39, 0.29) is 0 Å². The number of hydrogen-bond donors (Lipinski definition) is 1. The maximum atomic E-state index is 3.45. The van der Waals surface area contributed by atoms with Crippen molar-refractivity contribution in [2.75, 3.05) is 13.1 Å². The molecule has 1 atom stereocenters. The van der Waals surface area contributed by atoms with E-state index in [1.807, 2.05) is 0 Å². The van der Waals surface area contributed by atoms with Gasteiger partial charge in [-0.3, -0.25) is 0 Å². The molecule has 1 aliphatic carbocycles. The fraction of sp³-hybridized carbons (Fsp3) is 0.625. The van der Waals surface area contributed by atoms with Gasteiger partial charge >= 0.3 is 0 Å². The van der Waals surface area contributed by atoms with Gasteiger partial charge in [0, 0.05) is 13.1 Å². The highest BCUT2D eigenvalue weighted by molar-refractivity contribution is 5.41. The Morgan fingerprint density at radius 2 is 1.88 bits per heavy atom. The summed E-state index contributed by atoms with van der Waals surface area (Å²) in [5.41, 5.74) is 6.76. The first kappa shape index (κ1) is 11.3. The molecule has 3 rings (SSSR count). The largest absolute Gasteiger partial charge is 0.316 e. The smallest absolute Gasteiger partial charge is 0.00204 e. The first-order chi connectivity index (χ1) is 8.11. The first-order valence-electron chi connectivity index (χ1n) is 6.89. The Labute approximate surface area is 105 Å². The monoisotopic (exact) mass is 229 g/mol. The minimum atomic E-state index is 0.663. The second kappa shape index (κ2) is 3.84. The molecule has 2 fully saturated rings. The van der Waals surface area contributed by atoms with Crippen LogP contribution in [0.25, 0.3) is 0 Å². The Morgan fingerprint density at radius 1 is 1.12 bits per heavy atom. The van der Waals surface area contributed by atoms with Gasteiger partial charge < -0.3 is 5.32 Å². The third-order valence-corrected chi connectivity index (χ3v) is 5.24. The Balaban J connectivity index is 1.88. The van der Waals surface area contributed by atoms with Crippen molar-refractivity contribution in [1.29, 1.82) is 0 Å². The quantitative estimate of drug-likeness (QED) is 0.777. The van der Waals surface area contributed by atoms with E-state index < -0.39 is 0 Å². The average Bonchev–Trinajstić information content (AvgIpc) is 2.71. The Kier molecular flexibility index (Phi) is 2.55. The van der Waals surface area contributed by atoms with E-state index in [4.69, 9.17) is 0 Å². The van der Waals surface area contributed by atoms with Gasteiger partial charge in [-0.05, 0) is 73.6 Å². The van der Waals surface area contributed by atoms with Crippen molar-refractivity contribution >= 4 is 0 Å². The summed E-state index contributed by atoms with van der Waals surface area (Å²) in [6.07, 6.45) is 4.23. The molecular formula is C16H23N. The van der Waals surface area contributed by atoms with Crippen LogP contribution < -0.4 is 5.32 Å². The van der Waals surface area contributed by atoms with E-state index in [9.17, 15) is 0 Å². The molecule has 1 aromatic carbocycles. The van der Waals surface area contributed by atoms with Crippen LogP contribution in [0.15, 0.2) is 12.1 Å². The SMILES string of the molecule is Cc1ccc(C2CCC3(CNC3)C2)c(C)c1C.